The highest BCUT2D eigenvalue weighted by molar-refractivity contribution is 5.94. The number of amides is 3. The Morgan fingerprint density at radius 1 is 1.06 bits per heavy atom. The van der Waals surface area contributed by atoms with Crippen molar-refractivity contribution < 1.29 is 24.3 Å². The number of nitrogens with zero attached hydrogens (tertiary/aromatic N) is 1. The van der Waals surface area contributed by atoms with Crippen LogP contribution in [0.1, 0.15) is 27.6 Å². The molecule has 164 valence electrons. The molecule has 8 heteroatoms. The molecule has 1 atom stereocenters. The number of urea groups is 1. The van der Waals surface area contributed by atoms with E-state index < -0.39 is 12.0 Å². The van der Waals surface area contributed by atoms with Gasteiger partial charge < -0.3 is 19.7 Å². The molecule has 3 aromatic carbocycles. The summed E-state index contributed by atoms with van der Waals surface area (Å²) in [6.07, 6.45) is -0.438. The maximum atomic E-state index is 13.1. The predicted octanol–water partition coefficient (Wildman–Crippen LogP) is 3.98. The van der Waals surface area contributed by atoms with Crippen LogP contribution in [0, 0.1) is 0 Å². The van der Waals surface area contributed by atoms with E-state index in [2.05, 4.69) is 5.32 Å². The first-order valence-corrected chi connectivity index (χ1v) is 10.1. The Labute approximate surface area is 185 Å². The maximum absolute atomic E-state index is 13.1. The molecule has 0 saturated carbocycles. The second-order valence-corrected chi connectivity index (χ2v) is 7.32. The van der Waals surface area contributed by atoms with E-state index >= 15 is 0 Å². The van der Waals surface area contributed by atoms with Gasteiger partial charge in [0.05, 0.1) is 20.2 Å². The van der Waals surface area contributed by atoms with Crippen molar-refractivity contribution in [2.45, 2.75) is 12.6 Å². The van der Waals surface area contributed by atoms with Crippen LogP contribution in [0.25, 0.3) is 0 Å². The quantitative estimate of drug-likeness (QED) is 0.427. The second kappa shape index (κ2) is 9.40. The van der Waals surface area contributed by atoms with Crippen LogP contribution in [0.4, 0.5) is 10.5 Å². The highest BCUT2D eigenvalue weighted by Gasteiger charge is 2.28. The van der Waals surface area contributed by atoms with Crippen molar-refractivity contribution in [2.24, 2.45) is 0 Å². The summed E-state index contributed by atoms with van der Waals surface area (Å²) in [5.74, 6) is 0.553. The van der Waals surface area contributed by atoms with Gasteiger partial charge in [0.15, 0.2) is 0 Å². The van der Waals surface area contributed by atoms with Gasteiger partial charge in [-0.15, -0.1) is 0 Å². The number of benzene rings is 3. The standard InChI is InChI=1S/C24H23N3O5/c1-31-20-11-9-19(10-12-20)25-24(29)27-14-18-8-7-17(23(28)26-30)13-21(18)32-22(15-27)16-5-3-2-4-6-16/h2-13,22,30H,14-15H2,1H3,(H,25,29)(H,26,28). The third kappa shape index (κ3) is 4.65. The van der Waals surface area contributed by atoms with Gasteiger partial charge >= 0.3 is 6.03 Å². The predicted molar refractivity (Wildman–Crippen MR) is 118 cm³/mol. The second-order valence-electron chi connectivity index (χ2n) is 7.32. The SMILES string of the molecule is COc1ccc(NC(=O)N2Cc3ccc(C(=O)NO)cc3OC(c3ccccc3)C2)cc1. The number of hydroxylamine groups is 1. The molecular weight excluding hydrogens is 410 g/mol. The number of hydrogen-bond donors (Lipinski definition) is 3. The van der Waals surface area contributed by atoms with Crippen LogP contribution in [0.3, 0.4) is 0 Å². The minimum atomic E-state index is -0.633. The van der Waals surface area contributed by atoms with E-state index in [4.69, 9.17) is 14.7 Å². The van der Waals surface area contributed by atoms with E-state index in [9.17, 15) is 9.59 Å². The van der Waals surface area contributed by atoms with E-state index in [1.807, 2.05) is 30.3 Å². The van der Waals surface area contributed by atoms with Crippen molar-refractivity contribution in [3.05, 3.63) is 89.5 Å². The Kier molecular flexibility index (Phi) is 6.23. The van der Waals surface area contributed by atoms with Gasteiger partial charge in [0, 0.05) is 16.8 Å². The fourth-order valence-corrected chi connectivity index (χ4v) is 3.53. The number of hydrogen-bond acceptors (Lipinski definition) is 5. The monoisotopic (exact) mass is 433 g/mol. The molecule has 4 rings (SSSR count). The molecule has 8 nitrogen and oxygen atoms in total. The van der Waals surface area contributed by atoms with Gasteiger partial charge in [0.1, 0.15) is 17.6 Å². The average Bonchev–Trinajstić information content (AvgIpc) is 3.04. The van der Waals surface area contributed by atoms with E-state index in [-0.39, 0.29) is 11.6 Å². The van der Waals surface area contributed by atoms with Crippen LogP contribution in [0.5, 0.6) is 11.5 Å². The first-order chi connectivity index (χ1) is 15.6. The lowest BCUT2D eigenvalue weighted by molar-refractivity contribution is 0.0705. The van der Waals surface area contributed by atoms with Gasteiger partial charge in [0.25, 0.3) is 5.91 Å². The number of rotatable bonds is 4. The molecule has 3 amide bonds. The van der Waals surface area contributed by atoms with E-state index in [1.54, 1.807) is 60.0 Å². The third-order valence-corrected chi connectivity index (χ3v) is 5.25. The van der Waals surface area contributed by atoms with Crippen molar-refractivity contribution in [2.75, 3.05) is 19.0 Å². The lowest BCUT2D eigenvalue weighted by Crippen LogP contribution is -2.37. The number of anilines is 1. The molecule has 0 fully saturated rings. The molecule has 0 saturated heterocycles. The summed E-state index contributed by atoms with van der Waals surface area (Å²) >= 11 is 0. The molecule has 3 N–H and O–H groups in total. The van der Waals surface area contributed by atoms with Crippen molar-refractivity contribution in [3.8, 4) is 11.5 Å². The van der Waals surface area contributed by atoms with Crippen LogP contribution in [-0.4, -0.2) is 35.7 Å². The number of carbonyl (C=O) groups excluding carboxylic acids is 2. The minimum Gasteiger partial charge on any atom is -0.497 e. The fourth-order valence-electron chi connectivity index (χ4n) is 3.53. The minimum absolute atomic E-state index is 0.259. The van der Waals surface area contributed by atoms with Gasteiger partial charge in [-0.2, -0.15) is 0 Å². The zero-order valence-electron chi connectivity index (χ0n) is 17.4. The Balaban J connectivity index is 1.63. The first-order valence-electron chi connectivity index (χ1n) is 10.1. The van der Waals surface area contributed by atoms with Crippen LogP contribution in [0.2, 0.25) is 0 Å². The molecular formula is C24H23N3O5. The largest absolute Gasteiger partial charge is 0.497 e. The molecule has 3 aromatic rings. The van der Waals surface area contributed by atoms with Crippen molar-refractivity contribution in [1.82, 2.24) is 10.4 Å². The molecule has 0 radical (unpaired) electrons. The Hall–Kier alpha value is -4.04. The highest BCUT2D eigenvalue weighted by Crippen LogP contribution is 2.32. The van der Waals surface area contributed by atoms with Gasteiger partial charge in [0.2, 0.25) is 0 Å². The van der Waals surface area contributed by atoms with E-state index in [0.717, 1.165) is 11.1 Å². The van der Waals surface area contributed by atoms with Crippen molar-refractivity contribution >= 4 is 17.6 Å². The Bertz CT molecular complexity index is 1100. The Morgan fingerprint density at radius 2 is 1.81 bits per heavy atom. The Morgan fingerprint density at radius 3 is 2.50 bits per heavy atom. The summed E-state index contributed by atoms with van der Waals surface area (Å²) in [4.78, 5) is 26.6. The summed E-state index contributed by atoms with van der Waals surface area (Å²) in [5, 5.41) is 11.9. The van der Waals surface area contributed by atoms with Crippen LogP contribution in [-0.2, 0) is 6.54 Å². The van der Waals surface area contributed by atoms with Gasteiger partial charge in [-0.05, 0) is 42.0 Å². The normalized spacial score (nSPS) is 15.1. The number of methoxy groups -OCH3 is 1. The molecule has 32 heavy (non-hydrogen) atoms. The fraction of sp³-hybridized carbons (Fsp3) is 0.167. The molecule has 1 heterocycles. The molecule has 0 aromatic heterocycles. The van der Waals surface area contributed by atoms with E-state index in [1.165, 1.54) is 0 Å². The number of carbonyl (C=O) groups is 2. The molecule has 1 aliphatic rings. The van der Waals surface area contributed by atoms with Gasteiger partial charge in [-0.3, -0.25) is 10.0 Å². The number of fused-ring (bicyclic) bond motifs is 1. The summed E-state index contributed by atoms with van der Waals surface area (Å²) in [6.45, 7) is 0.601. The molecule has 1 aliphatic heterocycles. The maximum Gasteiger partial charge on any atom is 0.322 e. The summed E-state index contributed by atoms with van der Waals surface area (Å²) < 4.78 is 11.4. The van der Waals surface area contributed by atoms with Crippen molar-refractivity contribution in [3.63, 3.8) is 0 Å². The lowest BCUT2D eigenvalue weighted by atomic mass is 10.1. The van der Waals surface area contributed by atoms with Crippen LogP contribution in [0.15, 0.2) is 72.8 Å². The molecule has 1 unspecified atom stereocenters. The number of ether oxygens (including phenoxy) is 2. The van der Waals surface area contributed by atoms with Gasteiger partial charge in [-0.25, -0.2) is 10.3 Å². The van der Waals surface area contributed by atoms with Crippen LogP contribution >= 0.6 is 0 Å². The topological polar surface area (TPSA) is 100 Å². The zero-order valence-corrected chi connectivity index (χ0v) is 17.4. The first kappa shape index (κ1) is 21.2. The lowest BCUT2D eigenvalue weighted by Gasteiger charge is -2.24. The molecule has 0 bridgehead atoms. The summed E-state index contributed by atoms with van der Waals surface area (Å²) in [7, 11) is 1.58. The third-order valence-electron chi connectivity index (χ3n) is 5.25. The molecule has 0 aliphatic carbocycles. The van der Waals surface area contributed by atoms with E-state index in [0.29, 0.717) is 30.3 Å². The smallest absolute Gasteiger partial charge is 0.322 e. The zero-order chi connectivity index (χ0) is 22.5. The summed E-state index contributed by atoms with van der Waals surface area (Å²) in [6, 6.07) is 21.3. The molecule has 0 spiro atoms. The number of nitrogens with one attached hydrogen (secondary N) is 2. The van der Waals surface area contributed by atoms with Crippen LogP contribution < -0.4 is 20.3 Å². The van der Waals surface area contributed by atoms with Crippen molar-refractivity contribution in [1.29, 1.82) is 0 Å². The highest BCUT2D eigenvalue weighted by atomic mass is 16.5. The summed E-state index contributed by atoms with van der Waals surface area (Å²) in [5.41, 5.74) is 4.19. The average molecular weight is 433 g/mol. The van der Waals surface area contributed by atoms with Gasteiger partial charge in [-0.1, -0.05) is 36.4 Å².